The minimum Gasteiger partial charge on any atom is -0.388 e. The summed E-state index contributed by atoms with van der Waals surface area (Å²) in [5.74, 6) is 3.72. The smallest absolute Gasteiger partial charge is 0.248 e. The largest absolute Gasteiger partial charge is 0.388 e. The monoisotopic (exact) mass is 1640 g/mol. The number of anilines is 4. The Labute approximate surface area is 718 Å². The van der Waals surface area contributed by atoms with E-state index in [9.17, 15) is 39.6 Å². The fourth-order valence-corrected chi connectivity index (χ4v) is 18.1. The molecule has 0 spiro atoms. The molecule has 16 rings (SSSR count). The molecule has 4 saturated carbocycles. The summed E-state index contributed by atoms with van der Waals surface area (Å²) in [4.78, 5) is 57.2. The number of hydrogen-bond acceptors (Lipinski definition) is 12. The first-order chi connectivity index (χ1) is 59.2. The number of aryl methyl sites for hydroxylation is 2. The molecule has 4 aliphatic rings. The summed E-state index contributed by atoms with van der Waals surface area (Å²) in [6, 6.07) is 76.9. The number of benzene rings is 8. The van der Waals surface area contributed by atoms with Crippen molar-refractivity contribution in [1.82, 2.24) is 39.3 Å². The van der Waals surface area contributed by atoms with E-state index in [4.69, 9.17) is 0 Å². The number of rotatable bonds is 28. The zero-order chi connectivity index (χ0) is 85.4. The first kappa shape index (κ1) is 88.1. The van der Waals surface area contributed by atoms with Gasteiger partial charge in [-0.15, -0.1) is 0 Å². The third-order valence-electron chi connectivity index (χ3n) is 25.3. The van der Waals surface area contributed by atoms with E-state index >= 15 is 0 Å². The number of carbonyl (C=O) groups excluding carboxylic acids is 4. The summed E-state index contributed by atoms with van der Waals surface area (Å²) in [5.41, 5.74) is 14.2. The van der Waals surface area contributed by atoms with Crippen LogP contribution in [0.25, 0.3) is 0 Å². The number of aliphatic hydroxyl groups is 4. The number of H-pyrrole nitrogens is 1. The lowest BCUT2D eigenvalue weighted by atomic mass is 9.91. The molecule has 9 N–H and O–H groups in total. The van der Waals surface area contributed by atoms with Crippen LogP contribution < -0.4 is 21.3 Å². The van der Waals surface area contributed by atoms with Crippen LogP contribution in [0.2, 0.25) is 0 Å². The minimum atomic E-state index is -0.372. The third-order valence-corrected chi connectivity index (χ3v) is 25.3. The van der Waals surface area contributed by atoms with Gasteiger partial charge in [-0.1, -0.05) is 170 Å². The van der Waals surface area contributed by atoms with Crippen molar-refractivity contribution in [3.8, 4) is 0 Å². The van der Waals surface area contributed by atoms with Crippen LogP contribution in [-0.4, -0.2) is 83.4 Å². The Morgan fingerprint density at radius 2 is 0.648 bits per heavy atom. The van der Waals surface area contributed by atoms with Gasteiger partial charge in [0.1, 0.15) is 23.9 Å². The topological polar surface area (TPSA) is 279 Å². The van der Waals surface area contributed by atoms with Crippen molar-refractivity contribution in [2.75, 3.05) is 21.3 Å². The normalized spacial score (nSPS) is 20.5. The Bertz CT molecular complexity index is 4840. The van der Waals surface area contributed by atoms with Crippen molar-refractivity contribution in [3.05, 3.63) is 335 Å². The van der Waals surface area contributed by atoms with Gasteiger partial charge in [-0.05, 0) is 303 Å². The Morgan fingerprint density at radius 1 is 0.361 bits per heavy atom. The summed E-state index contributed by atoms with van der Waals surface area (Å²) in [6.07, 6.45) is 26.1. The number of hydrogen-bond donors (Lipinski definition) is 9. The Kier molecular flexibility index (Phi) is 31.2. The van der Waals surface area contributed by atoms with E-state index < -0.39 is 0 Å². The summed E-state index contributed by atoms with van der Waals surface area (Å²) in [5, 5.41) is 67.2. The van der Waals surface area contributed by atoms with Crippen molar-refractivity contribution >= 4 is 46.4 Å². The predicted molar refractivity (Wildman–Crippen MR) is 481 cm³/mol. The first-order valence-corrected chi connectivity index (χ1v) is 43.7. The average Bonchev–Trinajstić information content (AvgIpc) is 1.71. The molecule has 4 aliphatic carbocycles. The Morgan fingerprint density at radius 3 is 0.902 bits per heavy atom. The molecule has 20 heteroatoms. The van der Waals surface area contributed by atoms with Crippen molar-refractivity contribution in [2.45, 2.75) is 193 Å². The van der Waals surface area contributed by atoms with Crippen molar-refractivity contribution in [2.24, 2.45) is 47.3 Å². The summed E-state index contributed by atoms with van der Waals surface area (Å²) < 4.78 is 4.97. The van der Waals surface area contributed by atoms with Gasteiger partial charge in [0.05, 0.1) is 36.0 Å². The number of nitrogens with one attached hydrogen (secondary N) is 5. The molecule has 0 bridgehead atoms. The molecule has 12 aromatic rings. The van der Waals surface area contributed by atoms with E-state index in [2.05, 4.69) is 95.1 Å². The third kappa shape index (κ3) is 24.8. The highest BCUT2D eigenvalue weighted by atomic mass is 16.3. The van der Waals surface area contributed by atoms with Crippen LogP contribution in [0.4, 0.5) is 22.7 Å². The predicted octanol–water partition coefficient (Wildman–Crippen LogP) is 19.8. The summed E-state index contributed by atoms with van der Waals surface area (Å²) in [7, 11) is 0. The van der Waals surface area contributed by atoms with Crippen LogP contribution in [0, 0.1) is 61.2 Å². The van der Waals surface area contributed by atoms with Gasteiger partial charge in [-0.25, -0.2) is 4.98 Å². The number of aromatic nitrogens is 8. The van der Waals surface area contributed by atoms with E-state index in [1.807, 2.05) is 236 Å². The summed E-state index contributed by atoms with van der Waals surface area (Å²) >= 11 is 0. The maximum Gasteiger partial charge on any atom is 0.248 e. The molecule has 4 aromatic heterocycles. The fraction of sp³-hybridized carbons (Fsp3) is 0.373. The van der Waals surface area contributed by atoms with Gasteiger partial charge < -0.3 is 46.7 Å². The van der Waals surface area contributed by atoms with Gasteiger partial charge in [-0.2, -0.15) is 15.3 Å². The van der Waals surface area contributed by atoms with E-state index in [1.165, 1.54) is 22.3 Å². The van der Waals surface area contributed by atoms with E-state index in [1.54, 1.807) is 45.0 Å². The maximum atomic E-state index is 12.5. The van der Waals surface area contributed by atoms with Crippen molar-refractivity contribution in [3.63, 3.8) is 0 Å². The lowest BCUT2D eigenvalue weighted by Crippen LogP contribution is -2.24. The second-order valence-electron chi connectivity index (χ2n) is 34.4. The number of aliphatic hydroxyl groups excluding tert-OH is 4. The molecule has 4 fully saturated rings. The van der Waals surface area contributed by atoms with Crippen molar-refractivity contribution < 1.29 is 39.6 Å². The zero-order valence-electron chi connectivity index (χ0n) is 71.1. The SMILES string of the molecule is CC(C(=O)Nc1ccc(C[C@@H]2CC[C@H]([C@H](O)c3ccccc3)C2)cc1)n1cccn1.CC(C(=O)Nc1ccc(C[C@@H]2CC[C@H]([C@H](O)c3ccccc3)C2)cc1)n1cccn1.Cc1ccn(C(C)C(=O)Nc2ccc(C[C@@H]3CC[C@H]([C@H](O)c4ccccc4)C3)cc2)n1.Cc1cnc(C(C)C(=O)Nc2ccc(C[C@@H]3CC[C@H]([C@H](O)c4ccccc4)C3)cc2)[nH]1. The Hall–Kier alpha value is -11.7. The number of nitrogens with zero attached hydrogens (tertiary/aromatic N) is 7. The molecule has 4 amide bonds. The molecule has 4 unspecified atom stereocenters. The van der Waals surface area contributed by atoms with Gasteiger partial charge in [0.15, 0.2) is 0 Å². The highest BCUT2D eigenvalue weighted by Crippen LogP contribution is 2.45. The van der Waals surface area contributed by atoms with E-state index in [-0.39, 0.29) is 72.1 Å². The molecular weight excluding hydrogens is 1520 g/mol. The van der Waals surface area contributed by atoms with Crippen LogP contribution in [-0.2, 0) is 44.9 Å². The molecule has 636 valence electrons. The fourth-order valence-electron chi connectivity index (χ4n) is 18.1. The van der Waals surface area contributed by atoms with Gasteiger partial charge in [0.25, 0.3) is 0 Å². The van der Waals surface area contributed by atoms with Crippen LogP contribution >= 0.6 is 0 Å². The highest BCUT2D eigenvalue weighted by Gasteiger charge is 2.35. The van der Waals surface area contributed by atoms with Gasteiger partial charge in [-0.3, -0.25) is 33.2 Å². The van der Waals surface area contributed by atoms with Gasteiger partial charge >= 0.3 is 0 Å². The van der Waals surface area contributed by atoms with E-state index in [0.717, 1.165) is 159 Å². The second kappa shape index (κ2) is 43.2. The highest BCUT2D eigenvalue weighted by molar-refractivity contribution is 5.96. The molecule has 122 heavy (non-hydrogen) atoms. The van der Waals surface area contributed by atoms with Crippen molar-refractivity contribution in [1.29, 1.82) is 0 Å². The average molecular weight is 1640 g/mol. The maximum absolute atomic E-state index is 12.5. The minimum absolute atomic E-state index is 0.0735. The Balaban J connectivity index is 0.000000140. The van der Waals surface area contributed by atoms with Crippen LogP contribution in [0.15, 0.2) is 274 Å². The van der Waals surface area contributed by atoms with Crippen LogP contribution in [0.3, 0.4) is 0 Å². The number of carbonyl (C=O) groups is 4. The number of aromatic amines is 1. The molecule has 8 aromatic carbocycles. The molecule has 0 saturated heterocycles. The standard InChI is InChI=1S/2C26H31N3O2.2C25H29N3O2/c1-17-16-27-25(28-17)18(2)26(31)29-23-12-9-19(10-13-23)14-20-8-11-22(15-20)24(30)21-6-4-3-5-7-21;1-18-14-15-29(28-18)19(2)26(31)27-24-12-9-20(10-13-24)16-21-8-11-23(17-21)25(30)22-6-4-3-5-7-22;2*1-18(28-15-5-14-26-28)25(30)27-23-12-9-19(10-13-23)16-20-8-11-22(17-20)24(29)21-6-3-2-4-7-21/h3-7,9-10,12-13,16,18,20,22,24,30H,8,11,14-15H2,1-2H3,(H,27,28)(H,29,31);3-7,9-10,12-15,19,21,23,25,30H,8,11,16-17H2,1-2H3,(H,27,31);2*2-7,9-10,12-15,18,20,22,24,29H,8,11,16-17H2,1H3,(H,27,30)/t18?,20-,22-,24+;19?,21-,23-,25+;2*18?,20-,22-,24+/m0000/s1. The number of imidazole rings is 1. The summed E-state index contributed by atoms with van der Waals surface area (Å²) in [6.45, 7) is 11.2. The molecule has 4 heterocycles. The van der Waals surface area contributed by atoms with Crippen LogP contribution in [0.1, 0.15) is 215 Å². The lowest BCUT2D eigenvalue weighted by Gasteiger charge is -2.19. The van der Waals surface area contributed by atoms with E-state index in [0.29, 0.717) is 53.2 Å². The van der Waals surface area contributed by atoms with Gasteiger partial charge in [0, 0.05) is 65.6 Å². The molecule has 20 nitrogen and oxygen atoms in total. The second-order valence-corrected chi connectivity index (χ2v) is 34.4. The zero-order valence-corrected chi connectivity index (χ0v) is 71.1. The van der Waals surface area contributed by atoms with Gasteiger partial charge in [0.2, 0.25) is 23.6 Å². The molecule has 0 radical (unpaired) electrons. The molecular formula is C102H120N12O8. The first-order valence-electron chi connectivity index (χ1n) is 43.7. The molecule has 16 atom stereocenters. The van der Waals surface area contributed by atoms with Crippen LogP contribution in [0.5, 0.6) is 0 Å². The lowest BCUT2D eigenvalue weighted by molar-refractivity contribution is -0.119. The molecule has 0 aliphatic heterocycles. The quantitative estimate of drug-likeness (QED) is 0.0221. The number of amides is 4.